The molecule has 1 aromatic carbocycles. The van der Waals surface area contributed by atoms with Crippen LogP contribution in [0.3, 0.4) is 0 Å². The van der Waals surface area contributed by atoms with Crippen molar-refractivity contribution in [2.75, 3.05) is 18.0 Å². The number of halogens is 1. The highest BCUT2D eigenvalue weighted by molar-refractivity contribution is 6.31. The number of aliphatic hydroxyl groups is 1. The van der Waals surface area contributed by atoms with Crippen molar-refractivity contribution >= 4 is 23.1 Å². The van der Waals surface area contributed by atoms with E-state index in [1.54, 1.807) is 18.2 Å². The fourth-order valence-corrected chi connectivity index (χ4v) is 2.43. The van der Waals surface area contributed by atoms with E-state index >= 15 is 0 Å². The van der Waals surface area contributed by atoms with Gasteiger partial charge in [0.1, 0.15) is 0 Å². The summed E-state index contributed by atoms with van der Waals surface area (Å²) in [6.45, 7) is 3.25. The van der Waals surface area contributed by atoms with Crippen molar-refractivity contribution in [2.24, 2.45) is 10.9 Å². The van der Waals surface area contributed by atoms with E-state index in [4.69, 9.17) is 22.5 Å². The fraction of sp³-hybridized carbons (Fsp3) is 0.462. The molecule has 19 heavy (non-hydrogen) atoms. The van der Waals surface area contributed by atoms with Gasteiger partial charge in [-0.15, -0.1) is 0 Å². The predicted molar refractivity (Wildman–Crippen MR) is 76.0 cm³/mol. The van der Waals surface area contributed by atoms with Crippen LogP contribution in [0.25, 0.3) is 0 Å². The zero-order chi connectivity index (χ0) is 14.0. The van der Waals surface area contributed by atoms with Crippen molar-refractivity contribution < 1.29 is 10.3 Å². The van der Waals surface area contributed by atoms with E-state index in [1.165, 1.54) is 0 Å². The van der Waals surface area contributed by atoms with Gasteiger partial charge in [0.25, 0.3) is 0 Å². The second-order valence-electron chi connectivity index (χ2n) is 5.13. The summed E-state index contributed by atoms with van der Waals surface area (Å²) in [4.78, 5) is 2.09. The topological polar surface area (TPSA) is 82.1 Å². The molecule has 0 unspecified atom stereocenters. The molecule has 0 amide bonds. The van der Waals surface area contributed by atoms with Gasteiger partial charge in [0.15, 0.2) is 5.84 Å². The van der Waals surface area contributed by atoms with Crippen molar-refractivity contribution in [3.63, 3.8) is 0 Å². The number of hydrogen-bond donors (Lipinski definition) is 3. The Morgan fingerprint density at radius 2 is 2.05 bits per heavy atom. The normalized spacial score (nSPS) is 19.5. The molecule has 0 aromatic heterocycles. The Kier molecular flexibility index (Phi) is 3.87. The van der Waals surface area contributed by atoms with Crippen LogP contribution in [-0.2, 0) is 0 Å². The lowest BCUT2D eigenvalue weighted by Gasteiger charge is -2.37. The van der Waals surface area contributed by atoms with Crippen LogP contribution in [0.2, 0.25) is 5.02 Å². The third kappa shape index (κ3) is 3.11. The Hall–Kier alpha value is -1.46. The Balaban J connectivity index is 2.31. The van der Waals surface area contributed by atoms with E-state index in [0.29, 0.717) is 36.5 Å². The van der Waals surface area contributed by atoms with Crippen molar-refractivity contribution in [3.8, 4) is 0 Å². The lowest BCUT2D eigenvalue weighted by atomic mass is 9.93. The van der Waals surface area contributed by atoms with Crippen molar-refractivity contribution in [2.45, 2.75) is 25.4 Å². The van der Waals surface area contributed by atoms with Gasteiger partial charge in [-0.25, -0.2) is 0 Å². The summed E-state index contributed by atoms with van der Waals surface area (Å²) in [5, 5.41) is 22.5. The molecule has 0 bridgehead atoms. The number of oxime groups is 1. The van der Waals surface area contributed by atoms with Crippen LogP contribution in [0.5, 0.6) is 0 Å². The summed E-state index contributed by atoms with van der Waals surface area (Å²) in [5.74, 6) is 0.0593. The molecule has 1 aliphatic rings. The van der Waals surface area contributed by atoms with E-state index in [-0.39, 0.29) is 5.84 Å². The minimum atomic E-state index is -0.619. The van der Waals surface area contributed by atoms with Gasteiger partial charge in [0.2, 0.25) is 0 Å². The number of hydrogen-bond acceptors (Lipinski definition) is 4. The minimum absolute atomic E-state index is 0.0593. The van der Waals surface area contributed by atoms with Crippen molar-refractivity contribution in [1.82, 2.24) is 0 Å². The third-order valence-corrected chi connectivity index (χ3v) is 3.76. The molecular formula is C13H18ClN3O2. The van der Waals surface area contributed by atoms with Gasteiger partial charge in [-0.3, -0.25) is 0 Å². The van der Waals surface area contributed by atoms with Gasteiger partial charge in [-0.2, -0.15) is 0 Å². The lowest BCUT2D eigenvalue weighted by molar-refractivity contribution is 0.0351. The average molecular weight is 284 g/mol. The van der Waals surface area contributed by atoms with Crippen LogP contribution < -0.4 is 10.6 Å². The Morgan fingerprint density at radius 3 is 2.63 bits per heavy atom. The van der Waals surface area contributed by atoms with E-state index in [2.05, 4.69) is 10.1 Å². The van der Waals surface area contributed by atoms with Crippen LogP contribution in [0.4, 0.5) is 5.69 Å². The molecule has 104 valence electrons. The minimum Gasteiger partial charge on any atom is -0.409 e. The quantitative estimate of drug-likeness (QED) is 0.334. The first-order chi connectivity index (χ1) is 8.93. The third-order valence-electron chi connectivity index (χ3n) is 3.52. The molecule has 1 saturated heterocycles. The number of nitrogens with zero attached hydrogens (tertiary/aromatic N) is 2. The maximum atomic E-state index is 9.98. The summed E-state index contributed by atoms with van der Waals surface area (Å²) in [6.07, 6.45) is 1.35. The molecule has 1 aliphatic heterocycles. The first-order valence-corrected chi connectivity index (χ1v) is 6.55. The smallest absolute Gasteiger partial charge is 0.172 e. The Bertz CT molecular complexity index is 493. The highest BCUT2D eigenvalue weighted by atomic mass is 35.5. The van der Waals surface area contributed by atoms with E-state index in [1.807, 2.05) is 6.92 Å². The maximum absolute atomic E-state index is 9.98. The zero-order valence-electron chi connectivity index (χ0n) is 10.8. The highest BCUT2D eigenvalue weighted by Gasteiger charge is 2.28. The standard InChI is InChI=1S/C13H18ClN3O2/c1-13(18)4-6-17(7-5-13)11-8-9(14)2-3-10(11)12(15)16-19/h2-3,8,18-19H,4-7H2,1H3,(H2,15,16). The molecule has 0 saturated carbocycles. The molecule has 0 spiro atoms. The van der Waals surface area contributed by atoms with Gasteiger partial charge in [-0.1, -0.05) is 16.8 Å². The number of anilines is 1. The number of piperidine rings is 1. The summed E-state index contributed by atoms with van der Waals surface area (Å²) in [5.41, 5.74) is 6.55. The molecule has 1 aromatic rings. The van der Waals surface area contributed by atoms with Crippen molar-refractivity contribution in [1.29, 1.82) is 0 Å². The van der Waals surface area contributed by atoms with Crippen LogP contribution in [0.15, 0.2) is 23.4 Å². The lowest BCUT2D eigenvalue weighted by Crippen LogP contribution is -2.43. The van der Waals surface area contributed by atoms with E-state index < -0.39 is 5.60 Å². The largest absolute Gasteiger partial charge is 0.409 e. The monoisotopic (exact) mass is 283 g/mol. The highest BCUT2D eigenvalue weighted by Crippen LogP contribution is 2.30. The molecular weight excluding hydrogens is 266 g/mol. The molecule has 1 fully saturated rings. The molecule has 1 heterocycles. The summed E-state index contributed by atoms with van der Waals surface area (Å²) in [6, 6.07) is 5.24. The predicted octanol–water partition coefficient (Wildman–Crippen LogP) is 1.79. The second-order valence-corrected chi connectivity index (χ2v) is 5.57. The molecule has 0 radical (unpaired) electrons. The van der Waals surface area contributed by atoms with Gasteiger partial charge < -0.3 is 20.9 Å². The number of benzene rings is 1. The van der Waals surface area contributed by atoms with E-state index in [9.17, 15) is 5.11 Å². The molecule has 5 nitrogen and oxygen atoms in total. The summed E-state index contributed by atoms with van der Waals surface area (Å²) >= 11 is 6.02. The molecule has 2 rings (SSSR count). The first kappa shape index (κ1) is 14.0. The SMILES string of the molecule is CC1(O)CCN(c2cc(Cl)ccc2/C(N)=N/O)CC1. The van der Waals surface area contributed by atoms with E-state index in [0.717, 1.165) is 5.69 Å². The molecule has 0 aliphatic carbocycles. The Labute approximate surface area is 117 Å². The van der Waals surface area contributed by atoms with Gasteiger partial charge in [-0.05, 0) is 38.0 Å². The van der Waals surface area contributed by atoms with Crippen LogP contribution in [0.1, 0.15) is 25.3 Å². The van der Waals surface area contributed by atoms with Gasteiger partial charge >= 0.3 is 0 Å². The summed E-state index contributed by atoms with van der Waals surface area (Å²) < 4.78 is 0. The number of rotatable bonds is 2. The van der Waals surface area contributed by atoms with Gasteiger partial charge in [0.05, 0.1) is 5.60 Å². The van der Waals surface area contributed by atoms with Gasteiger partial charge in [0, 0.05) is 29.4 Å². The number of nitrogens with two attached hydrogens (primary N) is 1. The fourth-order valence-electron chi connectivity index (χ4n) is 2.27. The molecule has 0 atom stereocenters. The van der Waals surface area contributed by atoms with Crippen LogP contribution in [0, 0.1) is 0 Å². The molecule has 4 N–H and O–H groups in total. The second kappa shape index (κ2) is 5.27. The summed E-state index contributed by atoms with van der Waals surface area (Å²) in [7, 11) is 0. The average Bonchev–Trinajstić information content (AvgIpc) is 2.38. The van der Waals surface area contributed by atoms with Crippen molar-refractivity contribution in [3.05, 3.63) is 28.8 Å². The molecule has 6 heteroatoms. The number of amidine groups is 1. The zero-order valence-corrected chi connectivity index (χ0v) is 11.6. The maximum Gasteiger partial charge on any atom is 0.172 e. The first-order valence-electron chi connectivity index (χ1n) is 6.18. The Morgan fingerprint density at radius 1 is 1.42 bits per heavy atom. The van der Waals surface area contributed by atoms with Crippen LogP contribution >= 0.6 is 11.6 Å². The van der Waals surface area contributed by atoms with Crippen LogP contribution in [-0.4, -0.2) is 34.8 Å².